The van der Waals surface area contributed by atoms with Crippen LogP contribution in [0.5, 0.6) is 11.5 Å². The molecule has 1 fully saturated rings. The first kappa shape index (κ1) is 20.2. The first-order chi connectivity index (χ1) is 15.1. The van der Waals surface area contributed by atoms with Crippen LogP contribution >= 0.6 is 0 Å². The van der Waals surface area contributed by atoms with Gasteiger partial charge in [0.15, 0.2) is 5.65 Å². The molecule has 0 radical (unpaired) electrons. The fourth-order valence-corrected chi connectivity index (χ4v) is 5.38. The Morgan fingerprint density at radius 1 is 0.903 bits per heavy atom. The lowest BCUT2D eigenvalue weighted by molar-refractivity contribution is 0.353. The summed E-state index contributed by atoms with van der Waals surface area (Å²) in [5.41, 5.74) is 5.46. The van der Waals surface area contributed by atoms with Gasteiger partial charge >= 0.3 is 0 Å². The Bertz CT molecular complexity index is 1070. The van der Waals surface area contributed by atoms with Crippen molar-refractivity contribution >= 4 is 11.5 Å². The third-order valence-corrected chi connectivity index (χ3v) is 6.66. The first-order valence-corrected chi connectivity index (χ1v) is 11.5. The minimum atomic E-state index is 0.684. The van der Waals surface area contributed by atoms with E-state index in [0.717, 1.165) is 54.3 Å². The lowest BCUT2D eigenvalue weighted by Crippen LogP contribution is -2.40. The lowest BCUT2D eigenvalue weighted by atomic mass is 9.90. The minimum absolute atomic E-state index is 0.684. The van der Waals surface area contributed by atoms with E-state index in [2.05, 4.69) is 29.3 Å². The average Bonchev–Trinajstić information content (AvgIpc) is 3.19. The summed E-state index contributed by atoms with van der Waals surface area (Å²) in [6.45, 7) is 6.89. The number of aromatic nitrogens is 3. The summed E-state index contributed by atoms with van der Waals surface area (Å²) in [5, 5.41) is 5.07. The van der Waals surface area contributed by atoms with Gasteiger partial charge in [0.2, 0.25) is 0 Å². The Hall–Kier alpha value is -2.76. The standard InChI is InChI=1S/C25H32N4O2/c1-16-9-17(2)15-28(14-16)25-21-7-5-6-8-22(21)26-24-13-23(27-29(24)25)18-10-19(30-3)12-20(11-18)31-4/h10-13,16-17H,5-9,14-15H2,1-4H3/t16-,17+. The quantitative estimate of drug-likeness (QED) is 0.608. The zero-order valence-electron chi connectivity index (χ0n) is 19.0. The maximum Gasteiger partial charge on any atom is 0.158 e. The molecule has 1 saturated heterocycles. The molecule has 6 nitrogen and oxygen atoms in total. The van der Waals surface area contributed by atoms with Gasteiger partial charge in [0.1, 0.15) is 17.3 Å². The van der Waals surface area contributed by atoms with Crippen molar-refractivity contribution in [1.82, 2.24) is 14.6 Å². The Balaban J connectivity index is 1.68. The Morgan fingerprint density at radius 3 is 2.26 bits per heavy atom. The monoisotopic (exact) mass is 420 g/mol. The molecule has 0 saturated carbocycles. The van der Waals surface area contributed by atoms with Crippen molar-refractivity contribution in [3.05, 3.63) is 35.5 Å². The SMILES string of the molecule is COc1cc(OC)cc(-c2cc3nc4c(c(N5C[C@H](C)C[C@H](C)C5)n3n2)CCCC4)c1. The molecule has 1 aromatic carbocycles. The van der Waals surface area contributed by atoms with E-state index in [4.69, 9.17) is 19.6 Å². The van der Waals surface area contributed by atoms with Gasteiger partial charge in [-0.25, -0.2) is 4.98 Å². The van der Waals surface area contributed by atoms with E-state index in [-0.39, 0.29) is 0 Å². The van der Waals surface area contributed by atoms with E-state index in [1.807, 2.05) is 18.2 Å². The molecule has 0 N–H and O–H groups in total. The van der Waals surface area contributed by atoms with Crippen LogP contribution in [0, 0.1) is 11.8 Å². The van der Waals surface area contributed by atoms with E-state index < -0.39 is 0 Å². The zero-order valence-corrected chi connectivity index (χ0v) is 19.0. The Morgan fingerprint density at radius 2 is 1.58 bits per heavy atom. The van der Waals surface area contributed by atoms with Gasteiger partial charge in [-0.15, -0.1) is 0 Å². The van der Waals surface area contributed by atoms with Crippen molar-refractivity contribution in [3.63, 3.8) is 0 Å². The second-order valence-electron chi connectivity index (χ2n) is 9.32. The van der Waals surface area contributed by atoms with E-state index in [1.54, 1.807) is 14.2 Å². The second kappa shape index (κ2) is 8.06. The number of ether oxygens (including phenoxy) is 2. The molecule has 0 unspecified atom stereocenters. The molecular weight excluding hydrogens is 388 g/mol. The van der Waals surface area contributed by atoms with Crippen LogP contribution in [0.2, 0.25) is 0 Å². The maximum absolute atomic E-state index is 5.48. The van der Waals surface area contributed by atoms with Gasteiger partial charge in [0, 0.05) is 42.0 Å². The number of anilines is 1. The molecule has 0 amide bonds. The predicted octanol–water partition coefficient (Wildman–Crippen LogP) is 4.77. The highest BCUT2D eigenvalue weighted by atomic mass is 16.5. The van der Waals surface area contributed by atoms with Crippen LogP contribution in [-0.4, -0.2) is 41.9 Å². The lowest BCUT2D eigenvalue weighted by Gasteiger charge is -2.38. The molecule has 0 spiro atoms. The number of hydrogen-bond acceptors (Lipinski definition) is 5. The van der Waals surface area contributed by atoms with Gasteiger partial charge in [-0.05, 0) is 56.1 Å². The van der Waals surface area contributed by atoms with Crippen molar-refractivity contribution < 1.29 is 9.47 Å². The number of fused-ring (bicyclic) bond motifs is 2. The summed E-state index contributed by atoms with van der Waals surface area (Å²) in [6.07, 6.45) is 5.89. The third kappa shape index (κ3) is 3.73. The number of piperidine rings is 1. The summed E-state index contributed by atoms with van der Waals surface area (Å²) in [4.78, 5) is 7.62. The van der Waals surface area contributed by atoms with E-state index >= 15 is 0 Å². The number of methoxy groups -OCH3 is 2. The van der Waals surface area contributed by atoms with Crippen LogP contribution < -0.4 is 14.4 Å². The molecule has 3 heterocycles. The molecule has 1 aliphatic heterocycles. The molecule has 164 valence electrons. The fraction of sp³-hybridized carbons (Fsp3) is 0.520. The van der Waals surface area contributed by atoms with E-state index in [1.165, 1.54) is 36.3 Å². The zero-order chi connectivity index (χ0) is 21.5. The van der Waals surface area contributed by atoms with Gasteiger partial charge in [-0.3, -0.25) is 0 Å². The highest BCUT2D eigenvalue weighted by Gasteiger charge is 2.29. The molecule has 2 atom stereocenters. The van der Waals surface area contributed by atoms with Crippen LogP contribution in [0.15, 0.2) is 24.3 Å². The van der Waals surface area contributed by atoms with Crippen molar-refractivity contribution in [3.8, 4) is 22.8 Å². The molecule has 1 aliphatic carbocycles. The molecule has 2 aromatic heterocycles. The van der Waals surface area contributed by atoms with Crippen LogP contribution in [0.25, 0.3) is 16.9 Å². The van der Waals surface area contributed by atoms with Crippen molar-refractivity contribution in [2.75, 3.05) is 32.2 Å². The number of nitrogens with zero attached hydrogens (tertiary/aromatic N) is 4. The van der Waals surface area contributed by atoms with Crippen LogP contribution in [-0.2, 0) is 12.8 Å². The Labute approximate surface area is 184 Å². The predicted molar refractivity (Wildman–Crippen MR) is 123 cm³/mol. The summed E-state index contributed by atoms with van der Waals surface area (Å²) in [6, 6.07) is 8.01. The van der Waals surface area contributed by atoms with Gasteiger partial charge in [-0.2, -0.15) is 9.61 Å². The van der Waals surface area contributed by atoms with Gasteiger partial charge < -0.3 is 14.4 Å². The molecule has 31 heavy (non-hydrogen) atoms. The first-order valence-electron chi connectivity index (χ1n) is 11.5. The molecule has 2 aliphatic rings. The fourth-order valence-electron chi connectivity index (χ4n) is 5.38. The van der Waals surface area contributed by atoms with Crippen molar-refractivity contribution in [1.29, 1.82) is 0 Å². The van der Waals surface area contributed by atoms with Crippen LogP contribution in [0.3, 0.4) is 0 Å². The average molecular weight is 421 g/mol. The van der Waals surface area contributed by atoms with E-state index in [9.17, 15) is 0 Å². The highest BCUT2D eigenvalue weighted by Crippen LogP contribution is 2.36. The molecule has 0 bridgehead atoms. The van der Waals surface area contributed by atoms with Gasteiger partial charge in [0.05, 0.1) is 19.9 Å². The van der Waals surface area contributed by atoms with Crippen LogP contribution in [0.1, 0.15) is 44.4 Å². The van der Waals surface area contributed by atoms with Crippen molar-refractivity contribution in [2.24, 2.45) is 11.8 Å². The molecule has 6 heteroatoms. The summed E-state index contributed by atoms with van der Waals surface area (Å²) in [5.74, 6) is 4.15. The number of hydrogen-bond donors (Lipinski definition) is 0. The summed E-state index contributed by atoms with van der Waals surface area (Å²) in [7, 11) is 3.35. The number of benzene rings is 1. The topological polar surface area (TPSA) is 51.9 Å². The van der Waals surface area contributed by atoms with Crippen LogP contribution in [0.4, 0.5) is 5.82 Å². The molecule has 3 aromatic rings. The molecular formula is C25H32N4O2. The van der Waals surface area contributed by atoms with Gasteiger partial charge in [-0.1, -0.05) is 13.8 Å². The highest BCUT2D eigenvalue weighted by molar-refractivity contribution is 5.70. The minimum Gasteiger partial charge on any atom is -0.497 e. The maximum atomic E-state index is 5.48. The number of rotatable bonds is 4. The second-order valence-corrected chi connectivity index (χ2v) is 9.32. The van der Waals surface area contributed by atoms with E-state index in [0.29, 0.717) is 11.8 Å². The largest absolute Gasteiger partial charge is 0.497 e. The van der Waals surface area contributed by atoms with Crippen molar-refractivity contribution in [2.45, 2.75) is 46.0 Å². The van der Waals surface area contributed by atoms with Gasteiger partial charge in [0.25, 0.3) is 0 Å². The summed E-state index contributed by atoms with van der Waals surface area (Å²) < 4.78 is 13.0. The molecule has 5 rings (SSSR count). The smallest absolute Gasteiger partial charge is 0.158 e. The Kier molecular flexibility index (Phi) is 5.24. The third-order valence-electron chi connectivity index (χ3n) is 6.66. The normalized spacial score (nSPS) is 21.2. The summed E-state index contributed by atoms with van der Waals surface area (Å²) >= 11 is 0. The number of aryl methyl sites for hydroxylation is 1.